The van der Waals surface area contributed by atoms with Gasteiger partial charge in [0.15, 0.2) is 0 Å². The van der Waals surface area contributed by atoms with Crippen molar-refractivity contribution in [3.8, 4) is 0 Å². The van der Waals surface area contributed by atoms with Crippen LogP contribution in [0.25, 0.3) is 0 Å². The number of nitrogens with one attached hydrogen (secondary N) is 1. The van der Waals surface area contributed by atoms with Crippen LogP contribution in [0.3, 0.4) is 0 Å². The van der Waals surface area contributed by atoms with Crippen LogP contribution in [0.15, 0.2) is 57.9 Å². The minimum absolute atomic E-state index is 0.137. The molecule has 0 spiro atoms. The Hall–Kier alpha value is -1.70. The molecule has 3 rings (SSSR count). The van der Waals surface area contributed by atoms with E-state index >= 15 is 0 Å². The van der Waals surface area contributed by atoms with Crippen LogP contribution >= 0.6 is 15.9 Å². The molecule has 1 aliphatic rings. The highest BCUT2D eigenvalue weighted by Crippen LogP contribution is 2.28. The summed E-state index contributed by atoms with van der Waals surface area (Å²) in [4.78, 5) is 12.9. The number of nitrogens with zero attached hydrogens (tertiary/aromatic N) is 1. The number of sulfonamides is 1. The number of hydrogen-bond donors (Lipinski definition) is 1. The van der Waals surface area contributed by atoms with E-state index in [2.05, 4.69) is 21.2 Å². The maximum Gasteiger partial charge on any atom is 0.243 e. The molecule has 0 aromatic heterocycles. The summed E-state index contributed by atoms with van der Waals surface area (Å²) in [5, 5.41) is 2.87. The van der Waals surface area contributed by atoms with Gasteiger partial charge in [-0.05, 0) is 49.6 Å². The molecule has 0 heterocycles. The maximum absolute atomic E-state index is 13.3. The molecule has 1 saturated carbocycles. The van der Waals surface area contributed by atoms with E-state index in [0.717, 1.165) is 47.7 Å². The Balaban J connectivity index is 1.75. The SMILES string of the molecule is Cc1ccc(CNC(=O)CN(C2CCCCC2)S(=O)(=O)c2ccc(Br)cc2)cc1. The van der Waals surface area contributed by atoms with Crippen molar-refractivity contribution in [1.29, 1.82) is 0 Å². The highest BCUT2D eigenvalue weighted by Gasteiger charge is 2.33. The van der Waals surface area contributed by atoms with E-state index in [1.54, 1.807) is 24.3 Å². The number of carbonyl (C=O) groups is 1. The fraction of sp³-hybridized carbons (Fsp3) is 0.409. The first-order valence-corrected chi connectivity index (χ1v) is 12.2. The van der Waals surface area contributed by atoms with E-state index in [-0.39, 0.29) is 23.4 Å². The first-order valence-electron chi connectivity index (χ1n) is 9.96. The topological polar surface area (TPSA) is 66.5 Å². The van der Waals surface area contributed by atoms with Crippen molar-refractivity contribution in [3.63, 3.8) is 0 Å². The zero-order valence-electron chi connectivity index (χ0n) is 16.6. The van der Waals surface area contributed by atoms with E-state index < -0.39 is 10.0 Å². The van der Waals surface area contributed by atoms with Gasteiger partial charge in [-0.15, -0.1) is 0 Å². The fourth-order valence-electron chi connectivity index (χ4n) is 3.63. The van der Waals surface area contributed by atoms with Crippen molar-refractivity contribution in [2.75, 3.05) is 6.54 Å². The summed E-state index contributed by atoms with van der Waals surface area (Å²) in [5.41, 5.74) is 2.15. The lowest BCUT2D eigenvalue weighted by Gasteiger charge is -2.33. The maximum atomic E-state index is 13.3. The summed E-state index contributed by atoms with van der Waals surface area (Å²) in [6.07, 6.45) is 4.67. The van der Waals surface area contributed by atoms with Crippen molar-refractivity contribution in [1.82, 2.24) is 9.62 Å². The van der Waals surface area contributed by atoms with Crippen molar-refractivity contribution in [3.05, 3.63) is 64.1 Å². The Kier molecular flexibility index (Phi) is 7.49. The number of carbonyl (C=O) groups excluding carboxylic acids is 1. The standard InChI is InChI=1S/C22H27BrN2O3S/c1-17-7-9-18(10-8-17)15-24-22(26)16-25(20-5-3-2-4-6-20)29(27,28)21-13-11-19(23)12-14-21/h7-14,20H,2-6,15-16H2,1H3,(H,24,26). The summed E-state index contributed by atoms with van der Waals surface area (Å²) in [6, 6.07) is 14.4. The predicted molar refractivity (Wildman–Crippen MR) is 118 cm³/mol. The second-order valence-corrected chi connectivity index (χ2v) is 10.4. The van der Waals surface area contributed by atoms with Crippen molar-refractivity contribution in [2.24, 2.45) is 0 Å². The Bertz CT molecular complexity index is 922. The largest absolute Gasteiger partial charge is 0.351 e. The third-order valence-electron chi connectivity index (χ3n) is 5.31. The quantitative estimate of drug-likeness (QED) is 0.641. The van der Waals surface area contributed by atoms with Crippen LogP contribution in [0.5, 0.6) is 0 Å². The van der Waals surface area contributed by atoms with Gasteiger partial charge in [0.1, 0.15) is 0 Å². The van der Waals surface area contributed by atoms with Crippen LogP contribution in [-0.4, -0.2) is 31.2 Å². The van der Waals surface area contributed by atoms with Gasteiger partial charge in [0, 0.05) is 17.1 Å². The zero-order chi connectivity index (χ0) is 20.9. The van der Waals surface area contributed by atoms with Gasteiger partial charge in [0.2, 0.25) is 15.9 Å². The summed E-state index contributed by atoms with van der Waals surface area (Å²) >= 11 is 3.34. The molecule has 0 atom stereocenters. The highest BCUT2D eigenvalue weighted by molar-refractivity contribution is 9.10. The summed E-state index contributed by atoms with van der Waals surface area (Å²) in [6.45, 7) is 2.24. The molecule has 0 radical (unpaired) electrons. The van der Waals surface area contributed by atoms with Gasteiger partial charge >= 0.3 is 0 Å². The van der Waals surface area contributed by atoms with Gasteiger partial charge in [0.05, 0.1) is 11.4 Å². The van der Waals surface area contributed by atoms with Gasteiger partial charge in [-0.2, -0.15) is 4.31 Å². The Morgan fingerprint density at radius 3 is 2.28 bits per heavy atom. The number of benzene rings is 2. The molecule has 2 aromatic rings. The highest BCUT2D eigenvalue weighted by atomic mass is 79.9. The van der Waals surface area contributed by atoms with Gasteiger partial charge in [-0.1, -0.05) is 65.0 Å². The van der Waals surface area contributed by atoms with Crippen molar-refractivity contribution >= 4 is 31.9 Å². The van der Waals surface area contributed by atoms with E-state index in [0.29, 0.717) is 6.54 Å². The third kappa shape index (κ3) is 5.90. The fourth-order valence-corrected chi connectivity index (χ4v) is 5.53. The first kappa shape index (κ1) is 22.0. The number of aryl methyl sites for hydroxylation is 1. The molecule has 0 aliphatic heterocycles. The molecule has 156 valence electrons. The number of hydrogen-bond acceptors (Lipinski definition) is 3. The average molecular weight is 479 g/mol. The molecule has 1 fully saturated rings. The molecule has 7 heteroatoms. The van der Waals surface area contributed by atoms with E-state index in [9.17, 15) is 13.2 Å². The average Bonchev–Trinajstić information content (AvgIpc) is 2.72. The summed E-state index contributed by atoms with van der Waals surface area (Å²) in [5.74, 6) is -0.281. The molecule has 1 amide bonds. The molecule has 0 unspecified atom stereocenters. The zero-order valence-corrected chi connectivity index (χ0v) is 19.0. The van der Waals surface area contributed by atoms with Crippen LogP contribution < -0.4 is 5.32 Å². The first-order chi connectivity index (χ1) is 13.9. The smallest absolute Gasteiger partial charge is 0.243 e. The minimum atomic E-state index is -3.75. The van der Waals surface area contributed by atoms with Crippen LogP contribution in [-0.2, 0) is 21.4 Å². The van der Waals surface area contributed by atoms with Gasteiger partial charge in [-0.3, -0.25) is 4.79 Å². The molecular formula is C22H27BrN2O3S. The van der Waals surface area contributed by atoms with Gasteiger partial charge < -0.3 is 5.32 Å². The Labute approximate surface area is 181 Å². The van der Waals surface area contributed by atoms with E-state index in [1.165, 1.54) is 4.31 Å². The normalized spacial score (nSPS) is 15.4. The summed E-state index contributed by atoms with van der Waals surface area (Å²) < 4.78 is 28.9. The minimum Gasteiger partial charge on any atom is -0.351 e. The number of amides is 1. The van der Waals surface area contributed by atoms with Crippen LogP contribution in [0.1, 0.15) is 43.2 Å². The molecule has 2 aromatic carbocycles. The van der Waals surface area contributed by atoms with Gasteiger partial charge in [-0.25, -0.2) is 8.42 Å². The summed E-state index contributed by atoms with van der Waals surface area (Å²) in [7, 11) is -3.75. The second kappa shape index (κ2) is 9.87. The van der Waals surface area contributed by atoms with Gasteiger partial charge in [0.25, 0.3) is 0 Å². The third-order valence-corrected chi connectivity index (χ3v) is 7.75. The molecule has 0 bridgehead atoms. The Morgan fingerprint density at radius 1 is 1.03 bits per heavy atom. The molecule has 1 aliphatic carbocycles. The molecule has 1 N–H and O–H groups in total. The molecule has 29 heavy (non-hydrogen) atoms. The predicted octanol–water partition coefficient (Wildman–Crippen LogP) is 4.40. The van der Waals surface area contributed by atoms with Crippen LogP contribution in [0, 0.1) is 6.92 Å². The lowest BCUT2D eigenvalue weighted by molar-refractivity contribution is -0.121. The van der Waals surface area contributed by atoms with Crippen molar-refractivity contribution in [2.45, 2.75) is 56.5 Å². The monoisotopic (exact) mass is 478 g/mol. The second-order valence-electron chi connectivity index (χ2n) is 7.56. The van der Waals surface area contributed by atoms with Crippen LogP contribution in [0.4, 0.5) is 0 Å². The van der Waals surface area contributed by atoms with E-state index in [4.69, 9.17) is 0 Å². The van der Waals surface area contributed by atoms with E-state index in [1.807, 2.05) is 31.2 Å². The van der Waals surface area contributed by atoms with Crippen LogP contribution in [0.2, 0.25) is 0 Å². The Morgan fingerprint density at radius 2 is 1.66 bits per heavy atom. The number of rotatable bonds is 7. The molecular weight excluding hydrogens is 452 g/mol. The van der Waals surface area contributed by atoms with Crippen molar-refractivity contribution < 1.29 is 13.2 Å². The lowest BCUT2D eigenvalue weighted by Crippen LogP contribution is -2.46. The molecule has 0 saturated heterocycles. The lowest BCUT2D eigenvalue weighted by atomic mass is 9.95. The molecule has 5 nitrogen and oxygen atoms in total. The number of halogens is 1.